The Kier molecular flexibility index (Phi) is 5.25. The predicted molar refractivity (Wildman–Crippen MR) is 109 cm³/mol. The van der Waals surface area contributed by atoms with Crippen molar-refractivity contribution in [2.45, 2.75) is 45.1 Å². The lowest BCUT2D eigenvalue weighted by atomic mass is 9.97. The number of nitrogens with one attached hydrogen (secondary N) is 1. The Labute approximate surface area is 165 Å². The number of nitrogens with zero attached hydrogens (tertiary/aromatic N) is 1. The molecular formula is C23H28N2O3. The Morgan fingerprint density at radius 3 is 2.93 bits per heavy atom. The number of para-hydroxylation sites is 1. The zero-order chi connectivity index (χ0) is 19.7. The molecular weight excluding hydrogens is 352 g/mol. The fraction of sp³-hybridized carbons (Fsp3) is 0.478. The molecule has 0 spiro atoms. The lowest BCUT2D eigenvalue weighted by Gasteiger charge is -2.27. The summed E-state index contributed by atoms with van der Waals surface area (Å²) in [6.07, 6.45) is 8.64. The molecule has 1 aromatic heterocycles. The van der Waals surface area contributed by atoms with Gasteiger partial charge in [0.25, 0.3) is 0 Å². The predicted octanol–water partition coefficient (Wildman–Crippen LogP) is 3.85. The molecule has 1 aliphatic heterocycles. The Morgan fingerprint density at radius 2 is 2.18 bits per heavy atom. The van der Waals surface area contributed by atoms with E-state index in [0.717, 1.165) is 42.1 Å². The first-order valence-electron chi connectivity index (χ1n) is 10.2. The average Bonchev–Trinajstić information content (AvgIpc) is 3.39. The molecule has 0 bridgehead atoms. The lowest BCUT2D eigenvalue weighted by Crippen LogP contribution is -2.41. The zero-order valence-electron chi connectivity index (χ0n) is 16.6. The SMILES string of the molecule is CCCCC1CC2=CN([C@@H](Cc3c[nH]c4ccccc34)C(=O)OC)CC2C1=O. The van der Waals surface area contributed by atoms with E-state index in [-0.39, 0.29) is 17.8 Å². The molecule has 5 nitrogen and oxygen atoms in total. The van der Waals surface area contributed by atoms with Crippen molar-refractivity contribution in [1.82, 2.24) is 9.88 Å². The first-order valence-corrected chi connectivity index (χ1v) is 10.2. The van der Waals surface area contributed by atoms with Crippen molar-refractivity contribution in [2.75, 3.05) is 13.7 Å². The molecule has 4 rings (SSSR count). The number of ether oxygens (including phenoxy) is 1. The van der Waals surface area contributed by atoms with Crippen LogP contribution in [0.4, 0.5) is 0 Å². The highest BCUT2D eigenvalue weighted by Crippen LogP contribution is 2.40. The van der Waals surface area contributed by atoms with Gasteiger partial charge in [-0.2, -0.15) is 0 Å². The maximum atomic E-state index is 12.8. The molecule has 0 radical (unpaired) electrons. The number of carbonyl (C=O) groups excluding carboxylic acids is 2. The number of carbonyl (C=O) groups is 2. The number of hydrogen-bond acceptors (Lipinski definition) is 4. The minimum atomic E-state index is -0.413. The first kappa shape index (κ1) is 18.8. The molecule has 28 heavy (non-hydrogen) atoms. The Morgan fingerprint density at radius 1 is 1.36 bits per heavy atom. The van der Waals surface area contributed by atoms with Gasteiger partial charge < -0.3 is 14.6 Å². The van der Waals surface area contributed by atoms with Gasteiger partial charge in [-0.25, -0.2) is 4.79 Å². The van der Waals surface area contributed by atoms with Crippen LogP contribution >= 0.6 is 0 Å². The normalized spacial score (nSPS) is 22.4. The number of H-pyrrole nitrogens is 1. The monoisotopic (exact) mass is 380 g/mol. The second kappa shape index (κ2) is 7.82. The summed E-state index contributed by atoms with van der Waals surface area (Å²) in [6.45, 7) is 2.76. The summed E-state index contributed by atoms with van der Waals surface area (Å²) in [4.78, 5) is 30.7. The summed E-state index contributed by atoms with van der Waals surface area (Å²) in [6, 6.07) is 7.68. The van der Waals surface area contributed by atoms with Crippen molar-refractivity contribution in [3.63, 3.8) is 0 Å². The fourth-order valence-electron chi connectivity index (χ4n) is 4.71. The Hall–Kier alpha value is -2.56. The van der Waals surface area contributed by atoms with Crippen LogP contribution in [0, 0.1) is 11.8 Å². The van der Waals surface area contributed by atoms with Gasteiger partial charge in [0.1, 0.15) is 11.8 Å². The molecule has 3 atom stereocenters. The standard InChI is InChI=1S/C23H28N2O3/c1-3-4-7-15-10-17-13-25(14-19(17)22(15)26)21(23(27)28-2)11-16-12-24-20-9-6-5-8-18(16)20/h5-6,8-9,12-13,15,19,21,24H,3-4,7,10-11,14H2,1-2H3/t15?,19?,21-/m0/s1. The second-order valence-electron chi connectivity index (χ2n) is 8.00. The van der Waals surface area contributed by atoms with Crippen LogP contribution in [0.25, 0.3) is 10.9 Å². The maximum absolute atomic E-state index is 12.8. The molecule has 1 aromatic carbocycles. The van der Waals surface area contributed by atoms with Crippen molar-refractivity contribution < 1.29 is 14.3 Å². The van der Waals surface area contributed by atoms with Gasteiger partial charge in [-0.15, -0.1) is 0 Å². The van der Waals surface area contributed by atoms with Crippen LogP contribution in [0.1, 0.15) is 38.2 Å². The summed E-state index contributed by atoms with van der Waals surface area (Å²) >= 11 is 0. The number of unbranched alkanes of at least 4 members (excludes halogenated alkanes) is 1. The molecule has 1 fully saturated rings. The zero-order valence-corrected chi connectivity index (χ0v) is 16.6. The van der Waals surface area contributed by atoms with Crippen molar-refractivity contribution in [3.8, 4) is 0 Å². The third kappa shape index (κ3) is 3.34. The number of Topliss-reactive ketones (excluding diaryl/α,β-unsaturated/α-hetero) is 1. The van der Waals surface area contributed by atoms with Gasteiger partial charge in [-0.05, 0) is 36.2 Å². The van der Waals surface area contributed by atoms with E-state index in [1.165, 1.54) is 12.7 Å². The molecule has 0 saturated heterocycles. The Bertz CT molecular complexity index is 913. The van der Waals surface area contributed by atoms with Crippen LogP contribution < -0.4 is 0 Å². The number of aromatic nitrogens is 1. The third-order valence-corrected chi connectivity index (χ3v) is 6.27. The number of hydrogen-bond donors (Lipinski definition) is 1. The number of benzene rings is 1. The largest absolute Gasteiger partial charge is 0.467 e. The number of aromatic amines is 1. The molecule has 2 unspecified atom stereocenters. The molecule has 148 valence electrons. The van der Waals surface area contributed by atoms with Crippen LogP contribution in [0.15, 0.2) is 42.2 Å². The van der Waals surface area contributed by atoms with Crippen molar-refractivity contribution >= 4 is 22.7 Å². The molecule has 1 saturated carbocycles. The quantitative estimate of drug-likeness (QED) is 0.741. The third-order valence-electron chi connectivity index (χ3n) is 6.27. The number of ketones is 1. The topological polar surface area (TPSA) is 62.4 Å². The van der Waals surface area contributed by atoms with Crippen molar-refractivity contribution in [2.24, 2.45) is 11.8 Å². The first-order chi connectivity index (χ1) is 13.6. The fourth-order valence-corrected chi connectivity index (χ4v) is 4.71. The van der Waals surface area contributed by atoms with Crippen LogP contribution in [0.3, 0.4) is 0 Å². The van der Waals surface area contributed by atoms with E-state index in [1.54, 1.807) is 0 Å². The van der Waals surface area contributed by atoms with Gasteiger partial charge in [0.2, 0.25) is 0 Å². The van der Waals surface area contributed by atoms with Crippen LogP contribution in [-0.4, -0.2) is 41.3 Å². The smallest absolute Gasteiger partial charge is 0.328 e. The van der Waals surface area contributed by atoms with E-state index in [1.807, 2.05) is 29.3 Å². The summed E-state index contributed by atoms with van der Waals surface area (Å²) in [5.41, 5.74) is 3.35. The molecule has 1 N–H and O–H groups in total. The van der Waals surface area contributed by atoms with E-state index in [9.17, 15) is 9.59 Å². The van der Waals surface area contributed by atoms with Crippen molar-refractivity contribution in [3.05, 3.63) is 47.8 Å². The number of rotatable bonds is 7. The van der Waals surface area contributed by atoms with Crippen molar-refractivity contribution in [1.29, 1.82) is 0 Å². The van der Waals surface area contributed by atoms with Crippen LogP contribution in [0.5, 0.6) is 0 Å². The Balaban J connectivity index is 1.54. The minimum absolute atomic E-state index is 0.0445. The average molecular weight is 380 g/mol. The number of fused-ring (bicyclic) bond motifs is 2. The van der Waals surface area contributed by atoms with Crippen LogP contribution in [0.2, 0.25) is 0 Å². The highest BCUT2D eigenvalue weighted by Gasteiger charge is 2.44. The van der Waals surface area contributed by atoms with E-state index >= 15 is 0 Å². The van der Waals surface area contributed by atoms with Gasteiger partial charge >= 0.3 is 5.97 Å². The lowest BCUT2D eigenvalue weighted by molar-refractivity contribution is -0.146. The van der Waals surface area contributed by atoms with E-state index in [4.69, 9.17) is 4.74 Å². The van der Waals surface area contributed by atoms with Gasteiger partial charge in [0, 0.05) is 36.0 Å². The molecule has 5 heteroatoms. The highest BCUT2D eigenvalue weighted by atomic mass is 16.5. The molecule has 2 aliphatic rings. The summed E-state index contributed by atoms with van der Waals surface area (Å²) in [5, 5.41) is 1.12. The number of methoxy groups -OCH3 is 1. The molecule has 0 amide bonds. The van der Waals surface area contributed by atoms with E-state index in [2.05, 4.69) is 24.2 Å². The van der Waals surface area contributed by atoms with E-state index in [0.29, 0.717) is 18.7 Å². The van der Waals surface area contributed by atoms with E-state index < -0.39 is 6.04 Å². The highest BCUT2D eigenvalue weighted by molar-refractivity contribution is 5.90. The molecule has 1 aliphatic carbocycles. The van der Waals surface area contributed by atoms with Gasteiger partial charge in [0.05, 0.1) is 13.0 Å². The van der Waals surface area contributed by atoms with Gasteiger partial charge in [-0.1, -0.05) is 38.0 Å². The summed E-state index contributed by atoms with van der Waals surface area (Å²) in [7, 11) is 1.43. The molecule has 2 heterocycles. The second-order valence-corrected chi connectivity index (χ2v) is 8.00. The van der Waals surface area contributed by atoms with Crippen LogP contribution in [-0.2, 0) is 20.7 Å². The minimum Gasteiger partial charge on any atom is -0.467 e. The molecule has 2 aromatic rings. The number of esters is 1. The summed E-state index contributed by atoms with van der Waals surface area (Å²) < 4.78 is 5.10. The van der Waals surface area contributed by atoms with Gasteiger partial charge in [0.15, 0.2) is 0 Å². The summed E-state index contributed by atoms with van der Waals surface area (Å²) in [5.74, 6) is 0.232. The van der Waals surface area contributed by atoms with Gasteiger partial charge in [-0.3, -0.25) is 4.79 Å². The maximum Gasteiger partial charge on any atom is 0.328 e.